The quantitative estimate of drug-likeness (QED) is 0.138. The number of imidazole rings is 2. The molecule has 13 rings (SSSR count). The standard InChI is InChI=1S/C41H19N5O4/c1-44-40(49)34-20-14-22-28-18(38(47)45-26-8-4-2-6-24(26)42-36(22)45)12-10-16-17-11-13-19-29-23(37-43-25-7-3-5-9-27(25)46(37)39(19)48)15-21(35(34)41(44)50)33(31(17)29)32(20)30(16)28/h2-15,42-43H,1H3. The molecule has 0 aliphatic carbocycles. The fraction of sp³-hybridized carbons (Fsp3) is 0.0244. The van der Waals surface area contributed by atoms with E-state index in [4.69, 9.17) is 0 Å². The van der Waals surface area contributed by atoms with E-state index in [1.165, 1.54) is 11.6 Å². The Morgan fingerprint density at radius 3 is 1.26 bits per heavy atom. The molecule has 0 aliphatic heterocycles. The molecule has 0 aliphatic rings. The van der Waals surface area contributed by atoms with E-state index >= 15 is 0 Å². The number of nitrogens with zero attached hydrogens (tertiary/aromatic N) is 3. The van der Waals surface area contributed by atoms with Crippen molar-refractivity contribution in [3.63, 3.8) is 0 Å². The molecule has 8 aromatic carbocycles. The highest BCUT2D eigenvalue weighted by Crippen LogP contribution is 2.51. The summed E-state index contributed by atoms with van der Waals surface area (Å²) in [5.41, 5.74) is 3.43. The van der Waals surface area contributed by atoms with E-state index in [9.17, 15) is 19.2 Å². The molecule has 0 radical (unpaired) electrons. The summed E-state index contributed by atoms with van der Waals surface area (Å²) in [5.74, 6) is 0. The molecule has 2 N–H and O–H groups in total. The van der Waals surface area contributed by atoms with Crippen LogP contribution in [-0.2, 0) is 7.05 Å². The Kier molecular flexibility index (Phi) is 3.84. The van der Waals surface area contributed by atoms with Crippen LogP contribution in [0.5, 0.6) is 0 Å². The number of aromatic amines is 2. The van der Waals surface area contributed by atoms with Crippen molar-refractivity contribution in [2.45, 2.75) is 0 Å². The number of nitrogens with one attached hydrogen (secondary N) is 2. The first-order valence-electron chi connectivity index (χ1n) is 16.4. The number of aromatic nitrogens is 5. The van der Waals surface area contributed by atoms with Gasteiger partial charge in [0.05, 0.1) is 32.8 Å². The number of para-hydroxylation sites is 4. The second kappa shape index (κ2) is 7.66. The molecule has 0 fully saturated rings. The summed E-state index contributed by atoms with van der Waals surface area (Å²) >= 11 is 0. The highest BCUT2D eigenvalue weighted by molar-refractivity contribution is 6.49. The number of benzene rings is 8. The first kappa shape index (κ1) is 25.1. The fourth-order valence-electron chi connectivity index (χ4n) is 9.56. The van der Waals surface area contributed by atoms with Crippen LogP contribution in [0.2, 0.25) is 0 Å². The van der Waals surface area contributed by atoms with Crippen LogP contribution in [0, 0.1) is 0 Å². The van der Waals surface area contributed by atoms with Gasteiger partial charge in [0, 0.05) is 39.4 Å². The van der Waals surface area contributed by atoms with Gasteiger partial charge in [-0.25, -0.2) is 0 Å². The smallest absolute Gasteiger partial charge is 0.264 e. The molecule has 0 saturated heterocycles. The van der Waals surface area contributed by atoms with E-state index in [2.05, 4.69) is 9.97 Å². The van der Waals surface area contributed by atoms with Gasteiger partial charge in [-0.05, 0) is 91.6 Å². The summed E-state index contributed by atoms with van der Waals surface area (Å²) in [7, 11) is 1.53. The topological polar surface area (TPSA) is 114 Å². The summed E-state index contributed by atoms with van der Waals surface area (Å²) in [6, 6.07) is 27.2. The lowest BCUT2D eigenvalue weighted by molar-refractivity contribution is 0.857. The Morgan fingerprint density at radius 1 is 0.400 bits per heavy atom. The predicted octanol–water partition coefficient (Wildman–Crippen LogP) is 6.91. The predicted molar refractivity (Wildman–Crippen MR) is 201 cm³/mol. The highest BCUT2D eigenvalue weighted by atomic mass is 16.2. The Morgan fingerprint density at radius 2 is 0.800 bits per heavy atom. The zero-order chi connectivity index (χ0) is 33.1. The lowest BCUT2D eigenvalue weighted by Gasteiger charge is -2.22. The fourth-order valence-corrected chi connectivity index (χ4v) is 9.56. The molecule has 0 bridgehead atoms. The average molecular weight is 646 g/mol. The highest BCUT2D eigenvalue weighted by Gasteiger charge is 2.29. The minimum atomic E-state index is -0.364. The van der Waals surface area contributed by atoms with Gasteiger partial charge in [0.15, 0.2) is 0 Å². The molecule has 9 heteroatoms. The number of hydrogen-bond acceptors (Lipinski definition) is 4. The van der Waals surface area contributed by atoms with Crippen molar-refractivity contribution in [2.75, 3.05) is 0 Å². The van der Waals surface area contributed by atoms with E-state index in [0.29, 0.717) is 43.6 Å². The van der Waals surface area contributed by atoms with E-state index in [1.54, 1.807) is 8.80 Å². The minimum Gasteiger partial charge on any atom is -0.339 e. The Bertz CT molecular complexity index is 3730. The van der Waals surface area contributed by atoms with Crippen LogP contribution < -0.4 is 22.2 Å². The second-order valence-electron chi connectivity index (χ2n) is 13.7. The first-order valence-corrected chi connectivity index (χ1v) is 16.4. The van der Waals surface area contributed by atoms with Crippen molar-refractivity contribution in [3.05, 3.63) is 126 Å². The molecular weight excluding hydrogens is 626 g/mol. The molecule has 50 heavy (non-hydrogen) atoms. The lowest BCUT2D eigenvalue weighted by atomic mass is 9.81. The number of hydrogen-bond donors (Lipinski definition) is 2. The van der Waals surface area contributed by atoms with Crippen LogP contribution >= 0.6 is 0 Å². The van der Waals surface area contributed by atoms with Crippen LogP contribution in [0.4, 0.5) is 0 Å². The van der Waals surface area contributed by atoms with Gasteiger partial charge in [0.25, 0.3) is 22.2 Å². The number of fused-ring (bicyclic) bond motifs is 12. The van der Waals surface area contributed by atoms with Gasteiger partial charge in [-0.2, -0.15) is 0 Å². The van der Waals surface area contributed by atoms with Crippen molar-refractivity contribution in [1.29, 1.82) is 0 Å². The SMILES string of the molecule is Cn1c(=O)c2c3cc4c5c(ccc6c7ccc8c(=O)n9c%10ccccc%10[nH]c9c9cc(c2c1=O)c(c7c89)c3c65)c(=O)n1c2ccccc2[nH]c41. The molecule has 0 saturated carbocycles. The summed E-state index contributed by atoms with van der Waals surface area (Å²) < 4.78 is 4.62. The molecule has 0 atom stereocenters. The van der Waals surface area contributed by atoms with Crippen molar-refractivity contribution < 1.29 is 0 Å². The van der Waals surface area contributed by atoms with Crippen LogP contribution in [0.25, 0.3) is 120 Å². The third kappa shape index (κ3) is 2.41. The van der Waals surface area contributed by atoms with Crippen LogP contribution in [-0.4, -0.2) is 23.3 Å². The van der Waals surface area contributed by atoms with E-state index in [0.717, 1.165) is 75.9 Å². The summed E-state index contributed by atoms with van der Waals surface area (Å²) in [6.45, 7) is 0. The van der Waals surface area contributed by atoms with Crippen LogP contribution in [0.15, 0.2) is 104 Å². The molecule has 0 unspecified atom stereocenters. The third-order valence-corrected chi connectivity index (χ3v) is 11.6. The molecule has 5 aromatic heterocycles. The van der Waals surface area contributed by atoms with Gasteiger partial charge in [0.1, 0.15) is 11.3 Å². The van der Waals surface area contributed by atoms with Gasteiger partial charge in [-0.1, -0.05) is 36.4 Å². The minimum absolute atomic E-state index is 0.135. The summed E-state index contributed by atoms with van der Waals surface area (Å²) in [5, 5.41) is 11.6. The number of pyridine rings is 2. The summed E-state index contributed by atoms with van der Waals surface area (Å²) in [4.78, 5) is 64.0. The Balaban J connectivity index is 1.43. The molecule has 0 spiro atoms. The van der Waals surface area contributed by atoms with Crippen molar-refractivity contribution >= 4 is 120 Å². The van der Waals surface area contributed by atoms with Crippen molar-refractivity contribution in [1.82, 2.24) is 23.3 Å². The normalized spacial score (nSPS) is 13.2. The van der Waals surface area contributed by atoms with Crippen molar-refractivity contribution in [3.8, 4) is 0 Å². The van der Waals surface area contributed by atoms with Gasteiger partial charge in [0.2, 0.25) is 0 Å². The van der Waals surface area contributed by atoms with Crippen LogP contribution in [0.1, 0.15) is 0 Å². The number of H-pyrrole nitrogens is 2. The van der Waals surface area contributed by atoms with E-state index in [-0.39, 0.29) is 22.2 Å². The third-order valence-electron chi connectivity index (χ3n) is 11.6. The van der Waals surface area contributed by atoms with E-state index in [1.807, 2.05) is 84.9 Å². The Labute approximate surface area is 275 Å². The van der Waals surface area contributed by atoms with Gasteiger partial charge in [-0.15, -0.1) is 0 Å². The zero-order valence-electron chi connectivity index (χ0n) is 26.1. The summed E-state index contributed by atoms with van der Waals surface area (Å²) in [6.07, 6.45) is 0. The molecule has 0 amide bonds. The van der Waals surface area contributed by atoms with Crippen molar-refractivity contribution in [2.24, 2.45) is 7.05 Å². The molecule has 9 nitrogen and oxygen atoms in total. The molecule has 232 valence electrons. The molecular formula is C41H19N5O4. The maximum atomic E-state index is 14.4. The molecule has 5 heterocycles. The van der Waals surface area contributed by atoms with Gasteiger partial charge < -0.3 is 9.97 Å². The zero-order valence-corrected chi connectivity index (χ0v) is 26.1. The largest absolute Gasteiger partial charge is 0.339 e. The lowest BCUT2D eigenvalue weighted by Crippen LogP contribution is -2.21. The van der Waals surface area contributed by atoms with E-state index < -0.39 is 0 Å². The molecule has 13 aromatic rings. The monoisotopic (exact) mass is 645 g/mol. The number of rotatable bonds is 0. The van der Waals surface area contributed by atoms with Crippen LogP contribution in [0.3, 0.4) is 0 Å². The average Bonchev–Trinajstić information content (AvgIpc) is 3.80. The second-order valence-corrected chi connectivity index (χ2v) is 13.7. The van der Waals surface area contributed by atoms with Gasteiger partial charge in [-0.3, -0.25) is 32.5 Å². The maximum absolute atomic E-state index is 14.4. The maximum Gasteiger partial charge on any atom is 0.264 e. The van der Waals surface area contributed by atoms with Gasteiger partial charge >= 0.3 is 0 Å². The first-order chi connectivity index (χ1) is 24.4. The Hall–Kier alpha value is -7.00.